The maximum atomic E-state index is 11.9. The van der Waals surface area contributed by atoms with Crippen molar-refractivity contribution in [2.45, 2.75) is 26.4 Å². The number of aryl methyl sites for hydroxylation is 2. The predicted molar refractivity (Wildman–Crippen MR) is 72.0 cm³/mol. The van der Waals surface area contributed by atoms with Crippen LogP contribution in [0, 0.1) is 6.92 Å². The van der Waals surface area contributed by atoms with Crippen LogP contribution in [0.4, 0.5) is 0 Å². The highest BCUT2D eigenvalue weighted by atomic mass is 32.1. The molecule has 18 heavy (non-hydrogen) atoms. The van der Waals surface area contributed by atoms with Crippen LogP contribution in [0.5, 0.6) is 0 Å². The Morgan fingerprint density at radius 2 is 2.28 bits per heavy atom. The van der Waals surface area contributed by atoms with Gasteiger partial charge in [0.1, 0.15) is 4.83 Å². The van der Waals surface area contributed by atoms with Gasteiger partial charge in [0, 0.05) is 19.0 Å². The number of aromatic nitrogens is 2. The van der Waals surface area contributed by atoms with E-state index in [-0.39, 0.29) is 12.5 Å². The van der Waals surface area contributed by atoms with Gasteiger partial charge in [-0.05, 0) is 26.8 Å². The van der Waals surface area contributed by atoms with E-state index in [4.69, 9.17) is 0 Å². The highest BCUT2D eigenvalue weighted by molar-refractivity contribution is 7.20. The van der Waals surface area contributed by atoms with E-state index < -0.39 is 5.60 Å². The van der Waals surface area contributed by atoms with Gasteiger partial charge in [0.2, 0.25) is 0 Å². The van der Waals surface area contributed by atoms with Crippen LogP contribution >= 0.6 is 11.3 Å². The molecule has 0 fully saturated rings. The second-order valence-corrected chi connectivity index (χ2v) is 6.06. The molecular formula is C12H17N3O2S. The molecule has 5 nitrogen and oxygen atoms in total. The number of carbonyl (C=O) groups excluding carboxylic acids is 1. The van der Waals surface area contributed by atoms with Gasteiger partial charge in [-0.15, -0.1) is 11.3 Å². The number of aliphatic hydroxyl groups is 1. The Morgan fingerprint density at radius 1 is 1.61 bits per heavy atom. The first kappa shape index (κ1) is 13.0. The molecule has 98 valence electrons. The molecule has 0 bridgehead atoms. The van der Waals surface area contributed by atoms with Crippen molar-refractivity contribution in [1.82, 2.24) is 15.1 Å². The van der Waals surface area contributed by atoms with Crippen LogP contribution in [0.15, 0.2) is 6.07 Å². The van der Waals surface area contributed by atoms with Gasteiger partial charge in [-0.2, -0.15) is 5.10 Å². The molecule has 2 aromatic heterocycles. The Morgan fingerprint density at radius 3 is 2.83 bits per heavy atom. The average Bonchev–Trinajstić information content (AvgIpc) is 2.78. The normalized spacial score (nSPS) is 12.1. The third-order valence-corrected chi connectivity index (χ3v) is 3.80. The Labute approximate surface area is 109 Å². The molecular weight excluding hydrogens is 250 g/mol. The maximum Gasteiger partial charge on any atom is 0.261 e. The molecule has 2 heterocycles. The monoisotopic (exact) mass is 267 g/mol. The van der Waals surface area contributed by atoms with E-state index in [2.05, 4.69) is 10.4 Å². The first-order valence-corrected chi connectivity index (χ1v) is 6.53. The van der Waals surface area contributed by atoms with E-state index in [1.165, 1.54) is 11.3 Å². The van der Waals surface area contributed by atoms with Gasteiger partial charge < -0.3 is 10.4 Å². The lowest BCUT2D eigenvalue weighted by Gasteiger charge is -2.17. The van der Waals surface area contributed by atoms with E-state index in [1.807, 2.05) is 20.0 Å². The molecule has 0 aliphatic carbocycles. The zero-order chi connectivity index (χ0) is 13.5. The molecule has 2 rings (SSSR count). The van der Waals surface area contributed by atoms with E-state index >= 15 is 0 Å². The summed E-state index contributed by atoms with van der Waals surface area (Å²) >= 11 is 1.41. The molecule has 0 radical (unpaired) electrons. The Hall–Kier alpha value is -1.40. The van der Waals surface area contributed by atoms with Crippen molar-refractivity contribution in [2.75, 3.05) is 6.54 Å². The zero-order valence-electron chi connectivity index (χ0n) is 10.9. The van der Waals surface area contributed by atoms with Crippen LogP contribution in [-0.4, -0.2) is 32.9 Å². The molecule has 0 atom stereocenters. The van der Waals surface area contributed by atoms with Crippen LogP contribution in [0.3, 0.4) is 0 Å². The van der Waals surface area contributed by atoms with Crippen molar-refractivity contribution < 1.29 is 9.90 Å². The fourth-order valence-corrected chi connectivity index (χ4v) is 2.74. The standard InChI is InChI=1S/C12H17N3O2S/c1-7-8-5-9(18-11(8)15(4)14-7)10(16)13-6-12(2,3)17/h5,17H,6H2,1-4H3,(H,13,16). The Balaban J connectivity index is 2.21. The molecule has 0 aromatic carbocycles. The number of thiophene rings is 1. The van der Waals surface area contributed by atoms with Crippen molar-refractivity contribution in [3.8, 4) is 0 Å². The molecule has 6 heteroatoms. The third kappa shape index (κ3) is 2.54. The Bertz CT molecular complexity index is 558. The molecule has 0 spiro atoms. The van der Waals surface area contributed by atoms with E-state index in [0.29, 0.717) is 4.88 Å². The van der Waals surface area contributed by atoms with Crippen LogP contribution in [0.2, 0.25) is 0 Å². The number of hydrogen-bond acceptors (Lipinski definition) is 4. The van der Waals surface area contributed by atoms with Crippen molar-refractivity contribution in [1.29, 1.82) is 0 Å². The fourth-order valence-electron chi connectivity index (χ4n) is 1.70. The molecule has 0 aliphatic heterocycles. The largest absolute Gasteiger partial charge is 0.389 e. The first-order chi connectivity index (χ1) is 8.28. The van der Waals surface area contributed by atoms with Crippen molar-refractivity contribution >= 4 is 27.5 Å². The number of rotatable bonds is 3. The van der Waals surface area contributed by atoms with Crippen LogP contribution < -0.4 is 5.32 Å². The number of hydrogen-bond donors (Lipinski definition) is 2. The highest BCUT2D eigenvalue weighted by Gasteiger charge is 2.18. The van der Waals surface area contributed by atoms with Gasteiger partial charge >= 0.3 is 0 Å². The summed E-state index contributed by atoms with van der Waals surface area (Å²) < 4.78 is 1.78. The van der Waals surface area contributed by atoms with Gasteiger partial charge in [-0.25, -0.2) is 0 Å². The van der Waals surface area contributed by atoms with Crippen LogP contribution in [0.1, 0.15) is 29.2 Å². The molecule has 0 saturated heterocycles. The summed E-state index contributed by atoms with van der Waals surface area (Å²) in [5.41, 5.74) is 0.0226. The van der Waals surface area contributed by atoms with Gasteiger partial charge in [-0.3, -0.25) is 9.48 Å². The summed E-state index contributed by atoms with van der Waals surface area (Å²) in [4.78, 5) is 13.6. The lowest BCUT2D eigenvalue weighted by atomic mass is 10.1. The first-order valence-electron chi connectivity index (χ1n) is 5.71. The quantitative estimate of drug-likeness (QED) is 0.884. The maximum absolute atomic E-state index is 11.9. The fraction of sp³-hybridized carbons (Fsp3) is 0.500. The van der Waals surface area contributed by atoms with Crippen molar-refractivity contribution in [2.24, 2.45) is 7.05 Å². The van der Waals surface area contributed by atoms with Crippen molar-refractivity contribution in [3.05, 3.63) is 16.6 Å². The SMILES string of the molecule is Cc1nn(C)c2sc(C(=O)NCC(C)(C)O)cc12. The minimum absolute atomic E-state index is 0.155. The molecule has 0 aliphatic rings. The minimum atomic E-state index is -0.899. The predicted octanol–water partition coefficient (Wildman–Crippen LogP) is 1.44. The summed E-state index contributed by atoms with van der Waals surface area (Å²) in [6.07, 6.45) is 0. The number of nitrogens with zero attached hydrogens (tertiary/aromatic N) is 2. The lowest BCUT2D eigenvalue weighted by molar-refractivity contribution is 0.0696. The van der Waals surface area contributed by atoms with Gasteiger partial charge in [-0.1, -0.05) is 0 Å². The second kappa shape index (κ2) is 4.37. The van der Waals surface area contributed by atoms with Crippen molar-refractivity contribution in [3.63, 3.8) is 0 Å². The highest BCUT2D eigenvalue weighted by Crippen LogP contribution is 2.27. The zero-order valence-corrected chi connectivity index (χ0v) is 11.8. The van der Waals surface area contributed by atoms with Gasteiger partial charge in [0.15, 0.2) is 0 Å². The second-order valence-electron chi connectivity index (χ2n) is 5.03. The summed E-state index contributed by atoms with van der Waals surface area (Å²) in [6, 6.07) is 1.85. The minimum Gasteiger partial charge on any atom is -0.389 e. The van der Waals surface area contributed by atoms with Gasteiger partial charge in [0.05, 0.1) is 16.2 Å². The van der Waals surface area contributed by atoms with E-state index in [1.54, 1.807) is 18.5 Å². The number of carbonyl (C=O) groups is 1. The molecule has 1 amide bonds. The number of fused-ring (bicyclic) bond motifs is 1. The van der Waals surface area contributed by atoms with Crippen LogP contribution in [0.25, 0.3) is 10.2 Å². The van der Waals surface area contributed by atoms with Crippen LogP contribution in [-0.2, 0) is 7.05 Å². The topological polar surface area (TPSA) is 67.2 Å². The van der Waals surface area contributed by atoms with Gasteiger partial charge in [0.25, 0.3) is 5.91 Å². The molecule has 0 saturated carbocycles. The summed E-state index contributed by atoms with van der Waals surface area (Å²) in [5, 5.41) is 17.6. The molecule has 2 aromatic rings. The average molecular weight is 267 g/mol. The Kier molecular flexibility index (Phi) is 3.16. The van der Waals surface area contributed by atoms with E-state index in [0.717, 1.165) is 15.9 Å². The number of nitrogens with one attached hydrogen (secondary N) is 1. The summed E-state index contributed by atoms with van der Waals surface area (Å²) in [7, 11) is 1.87. The summed E-state index contributed by atoms with van der Waals surface area (Å²) in [6.45, 7) is 5.48. The number of amides is 1. The van der Waals surface area contributed by atoms with E-state index in [9.17, 15) is 9.90 Å². The lowest BCUT2D eigenvalue weighted by Crippen LogP contribution is -2.37. The third-order valence-electron chi connectivity index (χ3n) is 2.60. The smallest absolute Gasteiger partial charge is 0.261 e. The molecule has 0 unspecified atom stereocenters. The summed E-state index contributed by atoms with van der Waals surface area (Å²) in [5.74, 6) is -0.155. The molecule has 2 N–H and O–H groups in total.